The smallest absolute Gasteiger partial charge is 0.341 e. The highest BCUT2D eigenvalue weighted by atomic mass is 35.5. The topological polar surface area (TPSA) is 107 Å². The van der Waals surface area contributed by atoms with Crippen LogP contribution in [-0.2, 0) is 10.5 Å². The highest BCUT2D eigenvalue weighted by molar-refractivity contribution is 8.13. The average molecular weight is 422 g/mol. The van der Waals surface area contributed by atoms with Crippen molar-refractivity contribution in [1.29, 1.82) is 0 Å². The van der Waals surface area contributed by atoms with Gasteiger partial charge in [0.15, 0.2) is 23.3 Å². The fraction of sp³-hybridized carbons (Fsp3) is 0.211. The lowest BCUT2D eigenvalue weighted by Crippen LogP contribution is -2.11. The zero-order valence-electron chi connectivity index (χ0n) is 15.2. The maximum Gasteiger partial charge on any atom is 0.341 e. The van der Waals surface area contributed by atoms with Gasteiger partial charge in [0.2, 0.25) is 0 Å². The first-order valence-corrected chi connectivity index (χ1v) is 9.70. The van der Waals surface area contributed by atoms with Crippen LogP contribution in [0.1, 0.15) is 18.1 Å². The van der Waals surface area contributed by atoms with E-state index in [1.165, 1.54) is 18.0 Å². The Kier molecular flexibility index (Phi) is 8.64. The number of nitrogens with two attached hydrogens (primary N) is 1. The summed E-state index contributed by atoms with van der Waals surface area (Å²) in [6.07, 6.45) is 1.48. The molecule has 28 heavy (non-hydrogen) atoms. The number of ether oxygens (including phenoxy) is 2. The van der Waals surface area contributed by atoms with E-state index in [1.54, 1.807) is 19.1 Å². The van der Waals surface area contributed by atoms with Crippen molar-refractivity contribution in [3.63, 3.8) is 0 Å². The van der Waals surface area contributed by atoms with E-state index in [9.17, 15) is 4.79 Å². The lowest BCUT2D eigenvalue weighted by atomic mass is 10.2. The summed E-state index contributed by atoms with van der Waals surface area (Å²) < 4.78 is 10.7. The average Bonchev–Trinajstić information content (AvgIpc) is 2.66. The summed E-state index contributed by atoms with van der Waals surface area (Å²) in [5, 5.41) is 17.2. The van der Waals surface area contributed by atoms with Gasteiger partial charge in [-0.3, -0.25) is 0 Å². The fourth-order valence-corrected chi connectivity index (χ4v) is 3.00. The van der Waals surface area contributed by atoms with Crippen molar-refractivity contribution in [2.24, 2.45) is 15.9 Å². The van der Waals surface area contributed by atoms with E-state index < -0.39 is 12.6 Å². The maximum atomic E-state index is 10.7. The number of carboxylic acids is 1. The molecular formula is C19H20ClN3O4S. The number of nitrogens with zero attached hydrogens (tertiary/aromatic N) is 2. The Hall–Kier alpha value is -2.71. The van der Waals surface area contributed by atoms with E-state index in [-0.39, 0.29) is 10.8 Å². The van der Waals surface area contributed by atoms with Crippen molar-refractivity contribution < 1.29 is 19.4 Å². The Bertz CT molecular complexity index is 860. The molecule has 2 rings (SSSR count). The van der Waals surface area contributed by atoms with E-state index in [1.807, 2.05) is 30.3 Å². The number of thioether (sulfide) groups is 1. The van der Waals surface area contributed by atoms with Crippen LogP contribution in [-0.4, -0.2) is 35.7 Å². The summed E-state index contributed by atoms with van der Waals surface area (Å²) in [6, 6.07) is 13.1. The second-order valence-electron chi connectivity index (χ2n) is 5.40. The summed E-state index contributed by atoms with van der Waals surface area (Å²) in [5.74, 6) is 0.0845. The van der Waals surface area contributed by atoms with Gasteiger partial charge in [-0.05, 0) is 24.6 Å². The molecule has 0 saturated heterocycles. The largest absolute Gasteiger partial charge is 0.490 e. The van der Waals surface area contributed by atoms with Crippen LogP contribution in [0, 0.1) is 0 Å². The van der Waals surface area contributed by atoms with E-state index in [2.05, 4.69) is 10.2 Å². The molecule has 0 heterocycles. The molecule has 0 aromatic heterocycles. The van der Waals surface area contributed by atoms with Crippen molar-refractivity contribution in [3.05, 3.63) is 58.6 Å². The van der Waals surface area contributed by atoms with Gasteiger partial charge in [-0.2, -0.15) is 5.10 Å². The van der Waals surface area contributed by atoms with Crippen LogP contribution >= 0.6 is 23.4 Å². The molecule has 0 unspecified atom stereocenters. The van der Waals surface area contributed by atoms with Gasteiger partial charge in [0.25, 0.3) is 0 Å². The van der Waals surface area contributed by atoms with Crippen molar-refractivity contribution in [2.75, 3.05) is 13.2 Å². The molecule has 148 valence electrons. The second-order valence-corrected chi connectivity index (χ2v) is 6.81. The summed E-state index contributed by atoms with van der Waals surface area (Å²) in [6.45, 7) is 1.64. The Balaban J connectivity index is 2.06. The zero-order chi connectivity index (χ0) is 20.4. The van der Waals surface area contributed by atoms with Gasteiger partial charge >= 0.3 is 5.97 Å². The van der Waals surface area contributed by atoms with Crippen LogP contribution in [0.3, 0.4) is 0 Å². The van der Waals surface area contributed by atoms with Crippen LogP contribution in [0.4, 0.5) is 0 Å². The molecule has 0 radical (unpaired) electrons. The molecule has 7 nitrogen and oxygen atoms in total. The number of aliphatic carboxylic acids is 1. The summed E-state index contributed by atoms with van der Waals surface area (Å²) in [7, 11) is 0. The third-order valence-corrected chi connectivity index (χ3v) is 4.40. The minimum absolute atomic E-state index is 0.171. The van der Waals surface area contributed by atoms with Crippen molar-refractivity contribution in [1.82, 2.24) is 0 Å². The highest BCUT2D eigenvalue weighted by Crippen LogP contribution is 2.36. The Morgan fingerprint density at radius 2 is 2.04 bits per heavy atom. The molecule has 0 bridgehead atoms. The highest BCUT2D eigenvalue weighted by Gasteiger charge is 2.13. The zero-order valence-corrected chi connectivity index (χ0v) is 16.7. The van der Waals surface area contributed by atoms with Gasteiger partial charge in [-0.25, -0.2) is 4.79 Å². The molecule has 2 aromatic rings. The molecule has 9 heteroatoms. The minimum Gasteiger partial charge on any atom is -0.490 e. The maximum absolute atomic E-state index is 10.7. The molecule has 0 aliphatic heterocycles. The van der Waals surface area contributed by atoms with E-state index in [0.717, 1.165) is 5.56 Å². The number of rotatable bonds is 9. The number of hydrogen-bond donors (Lipinski definition) is 2. The lowest BCUT2D eigenvalue weighted by Gasteiger charge is -2.13. The van der Waals surface area contributed by atoms with Gasteiger partial charge in [0.1, 0.15) is 0 Å². The second kappa shape index (κ2) is 11.2. The molecule has 0 aliphatic rings. The summed E-state index contributed by atoms with van der Waals surface area (Å²) in [4.78, 5) is 10.7. The van der Waals surface area contributed by atoms with E-state index in [0.29, 0.717) is 28.8 Å². The molecule has 0 amide bonds. The summed E-state index contributed by atoms with van der Waals surface area (Å²) in [5.41, 5.74) is 7.61. The molecule has 0 aliphatic carbocycles. The quantitative estimate of drug-likeness (QED) is 0.362. The first-order chi connectivity index (χ1) is 13.5. The van der Waals surface area contributed by atoms with Crippen molar-refractivity contribution in [3.8, 4) is 11.5 Å². The van der Waals surface area contributed by atoms with Gasteiger partial charge in [-0.15, -0.1) is 5.10 Å². The van der Waals surface area contributed by atoms with Crippen LogP contribution in [0.5, 0.6) is 11.5 Å². The first kappa shape index (κ1) is 21.6. The van der Waals surface area contributed by atoms with Crippen molar-refractivity contribution >= 4 is 40.7 Å². The third-order valence-electron chi connectivity index (χ3n) is 3.26. The third kappa shape index (κ3) is 7.13. The number of carboxylic acid groups (broad SMARTS) is 1. The van der Waals surface area contributed by atoms with E-state index in [4.69, 9.17) is 31.9 Å². The number of amidine groups is 1. The lowest BCUT2D eigenvalue weighted by molar-refractivity contribution is -0.139. The fourth-order valence-electron chi connectivity index (χ4n) is 2.11. The molecule has 0 atom stereocenters. The molecule has 0 fully saturated rings. The van der Waals surface area contributed by atoms with Crippen molar-refractivity contribution in [2.45, 2.75) is 12.7 Å². The molecular weight excluding hydrogens is 402 g/mol. The van der Waals surface area contributed by atoms with Gasteiger partial charge in [-0.1, -0.05) is 53.7 Å². The van der Waals surface area contributed by atoms with E-state index >= 15 is 0 Å². The number of hydrogen-bond acceptors (Lipinski definition) is 6. The normalized spacial score (nSPS) is 11.6. The van der Waals surface area contributed by atoms with Crippen LogP contribution < -0.4 is 15.2 Å². The molecule has 0 spiro atoms. The number of benzene rings is 2. The predicted molar refractivity (Wildman–Crippen MR) is 113 cm³/mol. The monoisotopic (exact) mass is 421 g/mol. The first-order valence-electron chi connectivity index (χ1n) is 8.33. The van der Waals surface area contributed by atoms with Gasteiger partial charge in [0.05, 0.1) is 17.8 Å². The predicted octanol–water partition coefficient (Wildman–Crippen LogP) is 3.78. The minimum atomic E-state index is -1.11. The van der Waals surface area contributed by atoms with Crippen LogP contribution in [0.2, 0.25) is 5.02 Å². The number of halogens is 1. The van der Waals surface area contributed by atoms with Gasteiger partial charge < -0.3 is 20.3 Å². The Labute approximate surface area is 172 Å². The van der Waals surface area contributed by atoms with Crippen LogP contribution in [0.15, 0.2) is 52.7 Å². The Morgan fingerprint density at radius 3 is 2.71 bits per heavy atom. The molecule has 3 N–H and O–H groups in total. The molecule has 0 saturated carbocycles. The molecule has 2 aromatic carbocycles. The van der Waals surface area contributed by atoms with Gasteiger partial charge in [0, 0.05) is 11.3 Å². The number of carbonyl (C=O) groups is 1. The summed E-state index contributed by atoms with van der Waals surface area (Å²) >= 11 is 7.57. The Morgan fingerprint density at radius 1 is 1.29 bits per heavy atom. The SMILES string of the molecule is CCOc1cc(C=NN=C(N)SCc2ccccc2)cc(Cl)c1OCC(=O)O. The van der Waals surface area contributed by atoms with Crippen LogP contribution in [0.25, 0.3) is 0 Å². The standard InChI is InChI=1S/C19H20ClN3O4S/c1-2-26-16-9-14(8-15(20)18(16)27-11-17(24)25)10-22-23-19(21)28-12-13-6-4-3-5-7-13/h3-10H,2,11-12H2,1H3,(H2,21,23)(H,24,25).